The lowest BCUT2D eigenvalue weighted by atomic mass is 9.94. The molecular formula is C28H44O3S. The van der Waals surface area contributed by atoms with Crippen LogP contribution in [0.1, 0.15) is 115 Å². The Morgan fingerprint density at radius 3 is 1.75 bits per heavy atom. The van der Waals surface area contributed by atoms with Crippen LogP contribution in [0.25, 0.3) is 10.8 Å². The minimum atomic E-state index is -4.24. The molecule has 0 saturated carbocycles. The molecule has 180 valence electrons. The van der Waals surface area contributed by atoms with Gasteiger partial charge in [0.2, 0.25) is 0 Å². The molecule has 0 atom stereocenters. The summed E-state index contributed by atoms with van der Waals surface area (Å²) in [7, 11) is -4.24. The molecule has 32 heavy (non-hydrogen) atoms. The summed E-state index contributed by atoms with van der Waals surface area (Å²) in [5.74, 6) is 0. The molecule has 2 rings (SSSR count). The number of hydrogen-bond donors (Lipinski definition) is 1. The van der Waals surface area contributed by atoms with E-state index in [1.54, 1.807) is 6.07 Å². The molecule has 0 aromatic heterocycles. The minimum absolute atomic E-state index is 0.0391. The zero-order chi connectivity index (χ0) is 23.2. The zero-order valence-corrected chi connectivity index (χ0v) is 21.2. The van der Waals surface area contributed by atoms with Gasteiger partial charge in [0.25, 0.3) is 10.1 Å². The summed E-state index contributed by atoms with van der Waals surface area (Å²) in [5.41, 5.74) is 2.42. The van der Waals surface area contributed by atoms with Crippen molar-refractivity contribution in [2.75, 3.05) is 0 Å². The van der Waals surface area contributed by atoms with Crippen molar-refractivity contribution in [2.24, 2.45) is 0 Å². The lowest BCUT2D eigenvalue weighted by Crippen LogP contribution is -2.01. The van der Waals surface area contributed by atoms with Crippen LogP contribution in [0.5, 0.6) is 0 Å². The third-order valence-corrected chi connectivity index (χ3v) is 7.41. The molecule has 2 aromatic carbocycles. The molecular weight excluding hydrogens is 416 g/mol. The summed E-state index contributed by atoms with van der Waals surface area (Å²) in [6.07, 6.45) is 19.6. The molecule has 2 aromatic rings. The van der Waals surface area contributed by atoms with Gasteiger partial charge in [-0.2, -0.15) is 8.42 Å². The number of aryl methyl sites for hydroxylation is 2. The maximum atomic E-state index is 12.0. The highest BCUT2D eigenvalue weighted by atomic mass is 32.2. The van der Waals surface area contributed by atoms with E-state index in [0.29, 0.717) is 5.39 Å². The predicted molar refractivity (Wildman–Crippen MR) is 137 cm³/mol. The Kier molecular flexibility index (Phi) is 12.3. The first-order valence-electron chi connectivity index (χ1n) is 13.0. The van der Waals surface area contributed by atoms with Crippen LogP contribution in [0.2, 0.25) is 0 Å². The van der Waals surface area contributed by atoms with Gasteiger partial charge >= 0.3 is 0 Å². The normalized spacial score (nSPS) is 12.0. The van der Waals surface area contributed by atoms with Crippen molar-refractivity contribution in [1.29, 1.82) is 0 Å². The van der Waals surface area contributed by atoms with Gasteiger partial charge in [-0.3, -0.25) is 4.55 Å². The summed E-state index contributed by atoms with van der Waals surface area (Å²) in [4.78, 5) is 0.0391. The second-order valence-electron chi connectivity index (χ2n) is 9.32. The molecule has 0 aliphatic heterocycles. The molecule has 0 saturated heterocycles. The molecule has 0 unspecified atom stereocenters. The Hall–Kier alpha value is -1.39. The first-order valence-corrected chi connectivity index (χ1v) is 14.4. The Morgan fingerprint density at radius 2 is 1.19 bits per heavy atom. The Balaban J connectivity index is 2.09. The highest BCUT2D eigenvalue weighted by Gasteiger charge is 2.16. The van der Waals surface area contributed by atoms with Gasteiger partial charge in [-0.1, -0.05) is 109 Å². The van der Waals surface area contributed by atoms with E-state index >= 15 is 0 Å². The van der Waals surface area contributed by atoms with Crippen molar-refractivity contribution in [3.63, 3.8) is 0 Å². The molecule has 0 spiro atoms. The van der Waals surface area contributed by atoms with E-state index in [9.17, 15) is 13.0 Å². The fraction of sp³-hybridized carbons (Fsp3) is 0.643. The molecule has 0 fully saturated rings. The van der Waals surface area contributed by atoms with Crippen LogP contribution in [0.3, 0.4) is 0 Å². The summed E-state index contributed by atoms with van der Waals surface area (Å²) < 4.78 is 33.8. The van der Waals surface area contributed by atoms with Crippen LogP contribution >= 0.6 is 0 Å². The number of hydrogen-bond acceptors (Lipinski definition) is 2. The number of benzene rings is 2. The van der Waals surface area contributed by atoms with Crippen molar-refractivity contribution in [3.8, 4) is 0 Å². The third kappa shape index (κ3) is 9.23. The molecule has 3 nitrogen and oxygen atoms in total. The Morgan fingerprint density at radius 1 is 0.656 bits per heavy atom. The van der Waals surface area contributed by atoms with Crippen molar-refractivity contribution in [1.82, 2.24) is 0 Å². The first-order chi connectivity index (χ1) is 15.5. The lowest BCUT2D eigenvalue weighted by Gasteiger charge is -2.13. The largest absolute Gasteiger partial charge is 0.295 e. The maximum Gasteiger partial charge on any atom is 0.295 e. The van der Waals surface area contributed by atoms with Crippen molar-refractivity contribution >= 4 is 20.9 Å². The van der Waals surface area contributed by atoms with Crippen LogP contribution in [0.15, 0.2) is 35.2 Å². The van der Waals surface area contributed by atoms with Crippen LogP contribution in [0.4, 0.5) is 0 Å². The standard InChI is InChI=1S/C28H44O3S/c1-3-5-7-9-11-13-15-18-24-22-25(19-16-14-12-10-8-6-4-2)26-20-17-21-28(27(26)23-24)32(29,30)31/h17,20-23H,3-16,18-19H2,1-2H3,(H,29,30,31). The van der Waals surface area contributed by atoms with Crippen molar-refractivity contribution < 1.29 is 13.0 Å². The van der Waals surface area contributed by atoms with Crippen molar-refractivity contribution in [2.45, 2.75) is 121 Å². The summed E-state index contributed by atoms with van der Waals surface area (Å²) in [5, 5.41) is 1.64. The monoisotopic (exact) mass is 460 g/mol. The van der Waals surface area contributed by atoms with E-state index in [-0.39, 0.29) is 4.90 Å². The fourth-order valence-electron chi connectivity index (χ4n) is 4.64. The molecule has 0 aliphatic rings. The van der Waals surface area contributed by atoms with E-state index in [1.165, 1.54) is 94.2 Å². The number of rotatable bonds is 17. The van der Waals surface area contributed by atoms with E-state index in [1.807, 2.05) is 12.1 Å². The average Bonchev–Trinajstić information content (AvgIpc) is 2.76. The second kappa shape index (κ2) is 14.7. The maximum absolute atomic E-state index is 12.0. The number of unbranched alkanes of at least 4 members (excludes halogenated alkanes) is 12. The number of fused-ring (bicyclic) bond motifs is 1. The van der Waals surface area contributed by atoms with Gasteiger partial charge in [-0.15, -0.1) is 0 Å². The quantitative estimate of drug-likeness (QED) is 0.190. The second-order valence-corrected chi connectivity index (χ2v) is 10.7. The van der Waals surface area contributed by atoms with Crippen LogP contribution in [-0.4, -0.2) is 13.0 Å². The zero-order valence-electron chi connectivity index (χ0n) is 20.4. The Labute approximate surface area is 196 Å². The van der Waals surface area contributed by atoms with Crippen LogP contribution in [0, 0.1) is 0 Å². The highest BCUT2D eigenvalue weighted by molar-refractivity contribution is 7.86. The van der Waals surface area contributed by atoms with E-state index < -0.39 is 10.1 Å². The van der Waals surface area contributed by atoms with Gasteiger partial charge in [-0.25, -0.2) is 0 Å². The average molecular weight is 461 g/mol. The van der Waals surface area contributed by atoms with Crippen LogP contribution < -0.4 is 0 Å². The summed E-state index contributed by atoms with van der Waals surface area (Å²) in [6.45, 7) is 4.48. The van der Waals surface area contributed by atoms with Gasteiger partial charge < -0.3 is 0 Å². The first kappa shape index (κ1) is 26.9. The molecule has 0 bridgehead atoms. The van der Waals surface area contributed by atoms with Gasteiger partial charge in [0.1, 0.15) is 4.90 Å². The van der Waals surface area contributed by atoms with Crippen LogP contribution in [-0.2, 0) is 23.0 Å². The van der Waals surface area contributed by atoms with Crippen molar-refractivity contribution in [3.05, 3.63) is 41.5 Å². The lowest BCUT2D eigenvalue weighted by molar-refractivity contribution is 0.484. The highest BCUT2D eigenvalue weighted by Crippen LogP contribution is 2.29. The predicted octanol–water partition coefficient (Wildman–Crippen LogP) is 8.67. The summed E-state index contributed by atoms with van der Waals surface area (Å²) >= 11 is 0. The van der Waals surface area contributed by atoms with Gasteiger partial charge in [0.05, 0.1) is 0 Å². The van der Waals surface area contributed by atoms with E-state index in [0.717, 1.165) is 31.1 Å². The molecule has 0 radical (unpaired) electrons. The SMILES string of the molecule is CCCCCCCCCc1cc(CCCCCCCCC)c2cccc(S(=O)(=O)O)c2c1. The van der Waals surface area contributed by atoms with Gasteiger partial charge in [0.15, 0.2) is 0 Å². The van der Waals surface area contributed by atoms with Gasteiger partial charge in [0, 0.05) is 5.39 Å². The molecule has 0 aliphatic carbocycles. The minimum Gasteiger partial charge on any atom is -0.282 e. The molecule has 0 amide bonds. The Bertz CT molecular complexity index is 902. The third-order valence-electron chi connectivity index (χ3n) is 6.50. The smallest absolute Gasteiger partial charge is 0.282 e. The van der Waals surface area contributed by atoms with Gasteiger partial charge in [-0.05, 0) is 54.3 Å². The summed E-state index contributed by atoms with van der Waals surface area (Å²) in [6, 6.07) is 9.54. The fourth-order valence-corrected chi connectivity index (χ4v) is 5.33. The molecule has 4 heteroatoms. The molecule has 1 N–H and O–H groups in total. The topological polar surface area (TPSA) is 54.4 Å². The van der Waals surface area contributed by atoms with E-state index in [4.69, 9.17) is 0 Å². The molecule has 0 heterocycles. The van der Waals surface area contributed by atoms with E-state index in [2.05, 4.69) is 19.9 Å².